The Kier molecular flexibility index (Phi) is 5.56. The van der Waals surface area contributed by atoms with Crippen LogP contribution in [-0.2, 0) is 0 Å². The van der Waals surface area contributed by atoms with Gasteiger partial charge in [0.1, 0.15) is 12.4 Å². The lowest BCUT2D eigenvalue weighted by Gasteiger charge is -2.08. The number of methoxy groups -OCH3 is 1. The predicted octanol–water partition coefficient (Wildman–Crippen LogP) is 2.92. The van der Waals surface area contributed by atoms with Crippen molar-refractivity contribution in [2.75, 3.05) is 20.3 Å². The van der Waals surface area contributed by atoms with Gasteiger partial charge in [-0.2, -0.15) is 4.52 Å². The maximum absolute atomic E-state index is 12.2. The van der Waals surface area contributed by atoms with Crippen LogP contribution in [0.2, 0.25) is 0 Å². The molecule has 0 aliphatic rings. The zero-order chi connectivity index (χ0) is 20.9. The van der Waals surface area contributed by atoms with Gasteiger partial charge >= 0.3 is 0 Å². The van der Waals surface area contributed by atoms with Crippen LogP contribution in [0.4, 0.5) is 0 Å². The number of rotatable bonds is 7. The summed E-state index contributed by atoms with van der Waals surface area (Å²) in [5.74, 6) is 1.59. The highest BCUT2D eigenvalue weighted by Gasteiger charge is 2.11. The van der Waals surface area contributed by atoms with Crippen LogP contribution in [0, 0.1) is 6.92 Å². The molecule has 0 unspecified atom stereocenters. The summed E-state index contributed by atoms with van der Waals surface area (Å²) in [5, 5.41) is 15.7. The first kappa shape index (κ1) is 19.4. The minimum atomic E-state index is -0.134. The lowest BCUT2D eigenvalue weighted by molar-refractivity contribution is 0.0946. The van der Waals surface area contributed by atoms with Crippen LogP contribution in [0.3, 0.4) is 0 Å². The van der Waals surface area contributed by atoms with Crippen LogP contribution in [-0.4, -0.2) is 46.0 Å². The van der Waals surface area contributed by atoms with Crippen LogP contribution < -0.4 is 14.8 Å². The van der Waals surface area contributed by atoms with Crippen LogP contribution >= 0.6 is 0 Å². The van der Waals surface area contributed by atoms with Gasteiger partial charge in [-0.1, -0.05) is 29.8 Å². The summed E-state index contributed by atoms with van der Waals surface area (Å²) in [5.41, 5.74) is 3.10. The molecular formula is C22H21N5O3. The molecule has 8 nitrogen and oxygen atoms in total. The van der Waals surface area contributed by atoms with E-state index in [1.54, 1.807) is 29.8 Å². The van der Waals surface area contributed by atoms with Gasteiger partial charge in [0.2, 0.25) is 5.88 Å². The Morgan fingerprint density at radius 1 is 1.07 bits per heavy atom. The van der Waals surface area contributed by atoms with Crippen molar-refractivity contribution in [1.82, 2.24) is 25.1 Å². The second-order valence-corrected chi connectivity index (χ2v) is 6.67. The zero-order valence-electron chi connectivity index (χ0n) is 16.7. The van der Waals surface area contributed by atoms with Gasteiger partial charge < -0.3 is 14.8 Å². The Hall–Kier alpha value is -3.94. The van der Waals surface area contributed by atoms with E-state index in [4.69, 9.17) is 9.47 Å². The molecule has 8 heteroatoms. The van der Waals surface area contributed by atoms with Crippen molar-refractivity contribution < 1.29 is 14.3 Å². The molecule has 0 atom stereocenters. The number of fused-ring (bicyclic) bond motifs is 1. The first-order chi connectivity index (χ1) is 14.6. The highest BCUT2D eigenvalue weighted by Crippen LogP contribution is 2.23. The third-order valence-electron chi connectivity index (χ3n) is 4.48. The van der Waals surface area contributed by atoms with E-state index in [9.17, 15) is 4.79 Å². The fourth-order valence-corrected chi connectivity index (χ4v) is 3.00. The van der Waals surface area contributed by atoms with Crippen molar-refractivity contribution in [3.05, 3.63) is 71.8 Å². The Balaban J connectivity index is 1.42. The average Bonchev–Trinajstić information content (AvgIpc) is 3.20. The Labute approximate surface area is 173 Å². The molecule has 4 aromatic rings. The number of carbonyl (C=O) groups is 1. The highest BCUT2D eigenvalue weighted by atomic mass is 16.5. The molecule has 2 aromatic heterocycles. The Morgan fingerprint density at radius 2 is 1.93 bits per heavy atom. The van der Waals surface area contributed by atoms with E-state index < -0.39 is 0 Å². The van der Waals surface area contributed by atoms with E-state index in [0.717, 1.165) is 16.9 Å². The standard InChI is InChI=1S/C22H21N5O3/c1-15-5-3-7-17(13-15)22(28)23-11-12-30-20-10-9-19-24-25-21(27(19)26-20)16-6-4-8-18(14-16)29-2/h3-10,13-14H,11-12H2,1-2H3,(H,23,28). The molecule has 2 aromatic carbocycles. The quantitative estimate of drug-likeness (QED) is 0.477. The Bertz CT molecular complexity index is 1190. The van der Waals surface area contributed by atoms with Gasteiger partial charge in [-0.25, -0.2) is 0 Å². The molecule has 1 N–H and O–H groups in total. The number of hydrogen-bond donors (Lipinski definition) is 1. The minimum Gasteiger partial charge on any atom is -0.497 e. The number of nitrogens with one attached hydrogen (secondary N) is 1. The summed E-state index contributed by atoms with van der Waals surface area (Å²) in [7, 11) is 1.61. The van der Waals surface area contributed by atoms with Gasteiger partial charge in [-0.3, -0.25) is 4.79 Å². The fraction of sp³-hybridized carbons (Fsp3) is 0.182. The number of aryl methyl sites for hydroxylation is 1. The first-order valence-electron chi connectivity index (χ1n) is 9.48. The van der Waals surface area contributed by atoms with E-state index in [1.165, 1.54) is 0 Å². The third kappa shape index (κ3) is 4.22. The number of benzene rings is 2. The Morgan fingerprint density at radius 3 is 2.77 bits per heavy atom. The zero-order valence-corrected chi connectivity index (χ0v) is 16.7. The number of hydrogen-bond acceptors (Lipinski definition) is 6. The summed E-state index contributed by atoms with van der Waals surface area (Å²) < 4.78 is 12.6. The number of amides is 1. The van der Waals surface area contributed by atoms with Crippen molar-refractivity contribution in [3.8, 4) is 23.0 Å². The summed E-state index contributed by atoms with van der Waals surface area (Å²) in [4.78, 5) is 12.2. The molecule has 2 heterocycles. The molecular weight excluding hydrogens is 382 g/mol. The molecule has 0 spiro atoms. The van der Waals surface area contributed by atoms with E-state index in [2.05, 4.69) is 20.6 Å². The smallest absolute Gasteiger partial charge is 0.251 e. The van der Waals surface area contributed by atoms with Crippen molar-refractivity contribution in [1.29, 1.82) is 0 Å². The normalized spacial score (nSPS) is 10.7. The fourth-order valence-electron chi connectivity index (χ4n) is 3.00. The van der Waals surface area contributed by atoms with Gasteiger partial charge in [0, 0.05) is 17.2 Å². The average molecular weight is 403 g/mol. The molecule has 4 rings (SSSR count). The van der Waals surface area contributed by atoms with Crippen LogP contribution in [0.5, 0.6) is 11.6 Å². The summed E-state index contributed by atoms with van der Waals surface area (Å²) in [6, 6.07) is 18.5. The summed E-state index contributed by atoms with van der Waals surface area (Å²) >= 11 is 0. The maximum Gasteiger partial charge on any atom is 0.251 e. The number of carbonyl (C=O) groups excluding carboxylic acids is 1. The van der Waals surface area contributed by atoms with E-state index in [-0.39, 0.29) is 12.5 Å². The van der Waals surface area contributed by atoms with Crippen molar-refractivity contribution in [2.45, 2.75) is 6.92 Å². The molecule has 0 aliphatic carbocycles. The number of aromatic nitrogens is 4. The van der Waals surface area contributed by atoms with E-state index in [0.29, 0.717) is 29.5 Å². The molecule has 0 saturated carbocycles. The lowest BCUT2D eigenvalue weighted by Crippen LogP contribution is -2.28. The molecule has 30 heavy (non-hydrogen) atoms. The topological polar surface area (TPSA) is 90.6 Å². The van der Waals surface area contributed by atoms with Crippen LogP contribution in [0.1, 0.15) is 15.9 Å². The molecule has 152 valence electrons. The largest absolute Gasteiger partial charge is 0.497 e. The SMILES string of the molecule is COc1cccc(-c2nnc3ccc(OCCNC(=O)c4cccc(C)c4)nn23)c1. The van der Waals surface area contributed by atoms with Crippen LogP contribution in [0.25, 0.3) is 17.0 Å². The lowest BCUT2D eigenvalue weighted by atomic mass is 10.1. The minimum absolute atomic E-state index is 0.134. The molecule has 0 fully saturated rings. The van der Waals surface area contributed by atoms with E-state index in [1.807, 2.05) is 49.4 Å². The first-order valence-corrected chi connectivity index (χ1v) is 9.48. The number of nitrogens with zero attached hydrogens (tertiary/aromatic N) is 4. The molecule has 0 saturated heterocycles. The second-order valence-electron chi connectivity index (χ2n) is 6.67. The van der Waals surface area contributed by atoms with Gasteiger partial charge in [0.15, 0.2) is 11.5 Å². The van der Waals surface area contributed by atoms with E-state index >= 15 is 0 Å². The van der Waals surface area contributed by atoms with Gasteiger partial charge in [-0.15, -0.1) is 15.3 Å². The van der Waals surface area contributed by atoms with Gasteiger partial charge in [0.05, 0.1) is 13.7 Å². The van der Waals surface area contributed by atoms with Crippen molar-refractivity contribution in [3.63, 3.8) is 0 Å². The monoisotopic (exact) mass is 403 g/mol. The third-order valence-corrected chi connectivity index (χ3v) is 4.48. The maximum atomic E-state index is 12.2. The molecule has 0 bridgehead atoms. The number of ether oxygens (including phenoxy) is 2. The molecule has 1 amide bonds. The van der Waals surface area contributed by atoms with Crippen molar-refractivity contribution in [2.24, 2.45) is 0 Å². The molecule has 0 radical (unpaired) electrons. The van der Waals surface area contributed by atoms with Gasteiger partial charge in [0.25, 0.3) is 5.91 Å². The van der Waals surface area contributed by atoms with Crippen LogP contribution in [0.15, 0.2) is 60.7 Å². The second kappa shape index (κ2) is 8.60. The summed E-state index contributed by atoms with van der Waals surface area (Å²) in [6.45, 7) is 2.59. The van der Waals surface area contributed by atoms with Crippen molar-refractivity contribution >= 4 is 11.6 Å². The summed E-state index contributed by atoms with van der Waals surface area (Å²) in [6.07, 6.45) is 0. The molecule has 0 aliphatic heterocycles. The van der Waals surface area contributed by atoms with Gasteiger partial charge in [-0.05, 0) is 37.3 Å². The highest BCUT2D eigenvalue weighted by molar-refractivity contribution is 5.94. The predicted molar refractivity (Wildman–Crippen MR) is 112 cm³/mol.